The van der Waals surface area contributed by atoms with Gasteiger partial charge in [-0.2, -0.15) is 0 Å². The summed E-state index contributed by atoms with van der Waals surface area (Å²) in [6.07, 6.45) is 0. The highest BCUT2D eigenvalue weighted by molar-refractivity contribution is 9.10. The van der Waals surface area contributed by atoms with Gasteiger partial charge in [0.1, 0.15) is 11.6 Å². The van der Waals surface area contributed by atoms with Crippen LogP contribution in [-0.4, -0.2) is 0 Å². The van der Waals surface area contributed by atoms with E-state index in [0.717, 1.165) is 0 Å². The highest BCUT2D eigenvalue weighted by Gasteiger charge is 2.11. The van der Waals surface area contributed by atoms with Crippen LogP contribution in [0.1, 0.15) is 18.5 Å². The summed E-state index contributed by atoms with van der Waals surface area (Å²) in [5, 5.41) is 3.10. The number of hydrogen-bond acceptors (Lipinski definition) is 1. The Bertz CT molecular complexity index is 604. The molecule has 100 valence electrons. The molecule has 0 aliphatic rings. The smallest absolute Gasteiger partial charge is 0.143 e. The lowest BCUT2D eigenvalue weighted by molar-refractivity contribution is 0.599. The van der Waals surface area contributed by atoms with Crippen LogP contribution in [-0.2, 0) is 0 Å². The number of hydrogen-bond donors (Lipinski definition) is 1. The van der Waals surface area contributed by atoms with Gasteiger partial charge in [-0.1, -0.05) is 33.6 Å². The minimum atomic E-state index is -0.504. The van der Waals surface area contributed by atoms with Crippen LogP contribution in [0, 0.1) is 11.6 Å². The molecule has 0 amide bonds. The summed E-state index contributed by atoms with van der Waals surface area (Å²) in [5.41, 5.74) is 1.07. The first-order chi connectivity index (χ1) is 8.97. The first-order valence-corrected chi connectivity index (χ1v) is 6.81. The Morgan fingerprint density at radius 2 is 1.84 bits per heavy atom. The zero-order chi connectivity index (χ0) is 14.0. The summed E-state index contributed by atoms with van der Waals surface area (Å²) in [6, 6.07) is 8.96. The van der Waals surface area contributed by atoms with Gasteiger partial charge in [-0.3, -0.25) is 0 Å². The Labute approximate surface area is 123 Å². The fourth-order valence-corrected chi connectivity index (χ4v) is 2.22. The van der Waals surface area contributed by atoms with Crippen LogP contribution in [0.2, 0.25) is 5.02 Å². The topological polar surface area (TPSA) is 12.0 Å². The third-order valence-electron chi connectivity index (χ3n) is 2.73. The Hall–Kier alpha value is -1.13. The van der Waals surface area contributed by atoms with Gasteiger partial charge in [0.2, 0.25) is 0 Å². The second kappa shape index (κ2) is 5.88. The maximum Gasteiger partial charge on any atom is 0.143 e. The molecule has 2 aromatic rings. The molecule has 0 spiro atoms. The molecule has 0 aliphatic carbocycles. The van der Waals surface area contributed by atoms with E-state index in [2.05, 4.69) is 21.2 Å². The lowest BCUT2D eigenvalue weighted by Crippen LogP contribution is -2.08. The van der Waals surface area contributed by atoms with Crippen LogP contribution in [0.4, 0.5) is 14.5 Å². The van der Waals surface area contributed by atoms with Gasteiger partial charge in [0.15, 0.2) is 0 Å². The summed E-state index contributed by atoms with van der Waals surface area (Å²) in [5.74, 6) is -0.820. The average Bonchev–Trinajstić information content (AvgIpc) is 2.33. The molecule has 2 rings (SSSR count). The summed E-state index contributed by atoms with van der Waals surface area (Å²) in [4.78, 5) is 0. The molecule has 1 atom stereocenters. The predicted octanol–water partition coefficient (Wildman–Crippen LogP) is 5.55. The maximum absolute atomic E-state index is 13.8. The van der Waals surface area contributed by atoms with Gasteiger partial charge in [-0.05, 0) is 37.3 Å². The maximum atomic E-state index is 13.8. The summed E-state index contributed by atoms with van der Waals surface area (Å²) in [7, 11) is 0. The van der Waals surface area contributed by atoms with Crippen LogP contribution in [0.15, 0.2) is 40.9 Å². The van der Waals surface area contributed by atoms with Gasteiger partial charge >= 0.3 is 0 Å². The minimum Gasteiger partial charge on any atom is -0.378 e. The molecule has 1 N–H and O–H groups in total. The SMILES string of the molecule is CC(Nc1ccc(Cl)c(F)c1)c1ccc(Br)cc1F. The monoisotopic (exact) mass is 345 g/mol. The van der Waals surface area contributed by atoms with Crippen molar-refractivity contribution in [3.63, 3.8) is 0 Å². The van der Waals surface area contributed by atoms with E-state index in [0.29, 0.717) is 15.7 Å². The fourth-order valence-electron chi connectivity index (χ4n) is 1.77. The lowest BCUT2D eigenvalue weighted by Gasteiger charge is -2.16. The highest BCUT2D eigenvalue weighted by Crippen LogP contribution is 2.26. The van der Waals surface area contributed by atoms with Crippen molar-refractivity contribution in [1.82, 2.24) is 0 Å². The third kappa shape index (κ3) is 3.45. The molecule has 0 fully saturated rings. The molecule has 1 unspecified atom stereocenters. The van der Waals surface area contributed by atoms with Crippen LogP contribution in [0.5, 0.6) is 0 Å². The molecule has 0 aromatic heterocycles. The Kier molecular flexibility index (Phi) is 4.42. The van der Waals surface area contributed by atoms with Crippen LogP contribution in [0.3, 0.4) is 0 Å². The van der Waals surface area contributed by atoms with E-state index in [9.17, 15) is 8.78 Å². The molecule has 0 bridgehead atoms. The van der Waals surface area contributed by atoms with Gasteiger partial charge in [0.05, 0.1) is 11.1 Å². The van der Waals surface area contributed by atoms with Crippen LogP contribution < -0.4 is 5.32 Å². The van der Waals surface area contributed by atoms with E-state index in [1.165, 1.54) is 18.2 Å². The molecular weight excluding hydrogens is 336 g/mol. The van der Waals surface area contributed by atoms with E-state index in [1.54, 1.807) is 25.1 Å². The number of nitrogens with one attached hydrogen (secondary N) is 1. The number of rotatable bonds is 3. The summed E-state index contributed by atoms with van der Waals surface area (Å²) < 4.78 is 27.8. The van der Waals surface area contributed by atoms with E-state index in [-0.39, 0.29) is 16.9 Å². The van der Waals surface area contributed by atoms with Crippen molar-refractivity contribution < 1.29 is 8.78 Å². The van der Waals surface area contributed by atoms with Crippen molar-refractivity contribution in [3.8, 4) is 0 Å². The van der Waals surface area contributed by atoms with Crippen molar-refractivity contribution in [3.05, 3.63) is 63.1 Å². The van der Waals surface area contributed by atoms with Crippen molar-refractivity contribution in [2.75, 3.05) is 5.32 Å². The summed E-state index contributed by atoms with van der Waals surface area (Å²) in [6.45, 7) is 1.80. The first-order valence-electron chi connectivity index (χ1n) is 5.64. The molecule has 1 nitrogen and oxygen atoms in total. The Morgan fingerprint density at radius 1 is 1.11 bits per heavy atom. The quantitative estimate of drug-likeness (QED) is 0.768. The molecule has 0 radical (unpaired) electrons. The van der Waals surface area contributed by atoms with Crippen LogP contribution >= 0.6 is 27.5 Å². The Balaban J connectivity index is 2.20. The molecule has 2 aromatic carbocycles. The molecule has 19 heavy (non-hydrogen) atoms. The standard InChI is InChI=1S/C14H11BrClF2N/c1-8(11-4-2-9(15)6-13(11)17)19-10-3-5-12(16)14(18)7-10/h2-8,19H,1H3. The molecular formula is C14H11BrClF2N. The van der Waals surface area contributed by atoms with Crippen molar-refractivity contribution in [1.29, 1.82) is 0 Å². The van der Waals surface area contributed by atoms with Gasteiger partial charge < -0.3 is 5.32 Å². The van der Waals surface area contributed by atoms with E-state index >= 15 is 0 Å². The van der Waals surface area contributed by atoms with Gasteiger partial charge in [-0.25, -0.2) is 8.78 Å². The van der Waals surface area contributed by atoms with E-state index in [4.69, 9.17) is 11.6 Å². The number of halogens is 4. The van der Waals surface area contributed by atoms with Gasteiger partial charge in [0.25, 0.3) is 0 Å². The lowest BCUT2D eigenvalue weighted by atomic mass is 10.1. The normalized spacial score (nSPS) is 12.3. The van der Waals surface area contributed by atoms with E-state index in [1.807, 2.05) is 0 Å². The minimum absolute atomic E-state index is 0.0630. The summed E-state index contributed by atoms with van der Waals surface area (Å²) >= 11 is 8.81. The molecule has 0 heterocycles. The first kappa shape index (κ1) is 14.3. The molecule has 0 saturated carbocycles. The fraction of sp³-hybridized carbons (Fsp3) is 0.143. The van der Waals surface area contributed by atoms with Gasteiger partial charge in [0, 0.05) is 15.7 Å². The Morgan fingerprint density at radius 3 is 2.47 bits per heavy atom. The van der Waals surface area contributed by atoms with Crippen molar-refractivity contribution in [2.24, 2.45) is 0 Å². The highest BCUT2D eigenvalue weighted by atomic mass is 79.9. The van der Waals surface area contributed by atoms with Gasteiger partial charge in [-0.15, -0.1) is 0 Å². The second-order valence-electron chi connectivity index (χ2n) is 4.16. The zero-order valence-corrected chi connectivity index (χ0v) is 12.4. The second-order valence-corrected chi connectivity index (χ2v) is 5.48. The number of anilines is 1. The number of benzene rings is 2. The average molecular weight is 347 g/mol. The van der Waals surface area contributed by atoms with E-state index < -0.39 is 5.82 Å². The van der Waals surface area contributed by atoms with Crippen LogP contribution in [0.25, 0.3) is 0 Å². The van der Waals surface area contributed by atoms with Crippen molar-refractivity contribution in [2.45, 2.75) is 13.0 Å². The molecule has 5 heteroatoms. The predicted molar refractivity (Wildman–Crippen MR) is 77.5 cm³/mol. The zero-order valence-electron chi connectivity index (χ0n) is 10.1. The third-order valence-corrected chi connectivity index (χ3v) is 3.53. The largest absolute Gasteiger partial charge is 0.378 e. The van der Waals surface area contributed by atoms with Crippen molar-refractivity contribution >= 4 is 33.2 Å². The molecule has 0 aliphatic heterocycles. The molecule has 0 saturated heterocycles.